The number of carboxylic acids is 1. The topological polar surface area (TPSA) is 66.4 Å². The first-order valence-corrected chi connectivity index (χ1v) is 7.17. The van der Waals surface area contributed by atoms with Gasteiger partial charge in [-0.15, -0.1) is 0 Å². The largest absolute Gasteiger partial charge is 0.481 e. The highest BCUT2D eigenvalue weighted by atomic mass is 16.4. The molecule has 1 amide bonds. The monoisotopic (exact) mass is 265 g/mol. The maximum atomic E-state index is 12.4. The molecule has 1 saturated carbocycles. The number of amides is 1. The van der Waals surface area contributed by atoms with Crippen LogP contribution in [0, 0.1) is 29.6 Å². The van der Waals surface area contributed by atoms with E-state index in [1.807, 2.05) is 19.1 Å². The highest BCUT2D eigenvalue weighted by Gasteiger charge is 2.51. The summed E-state index contributed by atoms with van der Waals surface area (Å²) in [7, 11) is 0. The molecule has 0 aliphatic heterocycles. The Balaban J connectivity index is 2.06. The van der Waals surface area contributed by atoms with Gasteiger partial charge in [0, 0.05) is 6.04 Å². The molecule has 6 atom stereocenters. The molecule has 106 valence electrons. The molecule has 1 fully saturated rings. The second kappa shape index (κ2) is 5.35. The van der Waals surface area contributed by atoms with Crippen molar-refractivity contribution in [3.8, 4) is 0 Å². The van der Waals surface area contributed by atoms with Crippen LogP contribution in [0.1, 0.15) is 33.6 Å². The van der Waals surface area contributed by atoms with Crippen molar-refractivity contribution in [1.29, 1.82) is 0 Å². The Kier molecular flexibility index (Phi) is 3.97. The second-order valence-electron chi connectivity index (χ2n) is 6.02. The van der Waals surface area contributed by atoms with Gasteiger partial charge in [-0.2, -0.15) is 0 Å². The lowest BCUT2D eigenvalue weighted by molar-refractivity contribution is -0.148. The van der Waals surface area contributed by atoms with E-state index in [1.54, 1.807) is 0 Å². The summed E-state index contributed by atoms with van der Waals surface area (Å²) in [5.74, 6) is -1.31. The van der Waals surface area contributed by atoms with E-state index in [0.29, 0.717) is 5.92 Å². The number of carbonyl (C=O) groups is 2. The Labute approximate surface area is 114 Å². The molecule has 4 heteroatoms. The van der Waals surface area contributed by atoms with Crippen LogP contribution in [-0.2, 0) is 9.59 Å². The Hall–Kier alpha value is -1.32. The number of rotatable bonds is 5. The van der Waals surface area contributed by atoms with Gasteiger partial charge in [-0.1, -0.05) is 32.4 Å². The number of nitrogens with one attached hydrogen (secondary N) is 1. The summed E-state index contributed by atoms with van der Waals surface area (Å²) in [5, 5.41) is 12.3. The van der Waals surface area contributed by atoms with E-state index in [0.717, 1.165) is 12.8 Å². The van der Waals surface area contributed by atoms with Crippen molar-refractivity contribution in [2.75, 3.05) is 0 Å². The maximum absolute atomic E-state index is 12.4. The standard InChI is InChI=1S/C15H23NO3/c1-4-8(2)9(3)16-14(17)12-10-5-6-11(7-10)13(12)15(18)19/h5-6,8-13H,4,7H2,1-3H3,(H,16,17)(H,18,19)/t8?,9?,10?,11?,12-,13+/m0/s1. The third-order valence-electron chi connectivity index (χ3n) is 4.91. The quantitative estimate of drug-likeness (QED) is 0.748. The highest BCUT2D eigenvalue weighted by molar-refractivity contribution is 5.87. The lowest BCUT2D eigenvalue weighted by atomic mass is 9.82. The van der Waals surface area contributed by atoms with Gasteiger partial charge in [0.05, 0.1) is 11.8 Å². The summed E-state index contributed by atoms with van der Waals surface area (Å²) in [5.41, 5.74) is 0. The minimum Gasteiger partial charge on any atom is -0.481 e. The van der Waals surface area contributed by atoms with Gasteiger partial charge >= 0.3 is 5.97 Å². The zero-order valence-electron chi connectivity index (χ0n) is 11.8. The summed E-state index contributed by atoms with van der Waals surface area (Å²) in [6.45, 7) is 6.18. The molecular formula is C15H23NO3. The van der Waals surface area contributed by atoms with Crippen molar-refractivity contribution in [1.82, 2.24) is 5.32 Å². The third kappa shape index (κ3) is 2.53. The van der Waals surface area contributed by atoms with Crippen LogP contribution in [0.4, 0.5) is 0 Å². The van der Waals surface area contributed by atoms with Crippen molar-refractivity contribution in [2.45, 2.75) is 39.7 Å². The third-order valence-corrected chi connectivity index (χ3v) is 4.91. The van der Waals surface area contributed by atoms with Crippen LogP contribution in [-0.4, -0.2) is 23.0 Å². The molecule has 2 bridgehead atoms. The predicted octanol–water partition coefficient (Wildman–Crippen LogP) is 2.06. The van der Waals surface area contributed by atoms with Gasteiger partial charge in [-0.25, -0.2) is 0 Å². The minimum absolute atomic E-state index is 0.0390. The van der Waals surface area contributed by atoms with Crippen LogP contribution in [0.2, 0.25) is 0 Å². The van der Waals surface area contributed by atoms with E-state index in [4.69, 9.17) is 0 Å². The lowest BCUT2D eigenvalue weighted by Gasteiger charge is -2.27. The van der Waals surface area contributed by atoms with Gasteiger partial charge in [0.1, 0.15) is 0 Å². The Morgan fingerprint density at radius 3 is 2.37 bits per heavy atom. The maximum Gasteiger partial charge on any atom is 0.307 e. The molecule has 4 unspecified atom stereocenters. The molecule has 0 aromatic rings. The summed E-state index contributed by atoms with van der Waals surface area (Å²) in [6.07, 6.45) is 5.79. The van der Waals surface area contributed by atoms with Crippen LogP contribution < -0.4 is 5.32 Å². The summed E-state index contributed by atoms with van der Waals surface area (Å²) in [6, 6.07) is 0.0926. The van der Waals surface area contributed by atoms with Crippen LogP contribution in [0.25, 0.3) is 0 Å². The molecule has 0 heterocycles. The number of allylic oxidation sites excluding steroid dienone is 2. The zero-order chi connectivity index (χ0) is 14.2. The number of hydrogen-bond acceptors (Lipinski definition) is 2. The first-order chi connectivity index (χ1) is 8.95. The average Bonchev–Trinajstić information content (AvgIpc) is 2.97. The molecule has 0 aromatic carbocycles. The Morgan fingerprint density at radius 1 is 1.26 bits per heavy atom. The fourth-order valence-electron chi connectivity index (χ4n) is 3.33. The molecule has 2 aliphatic carbocycles. The van der Waals surface area contributed by atoms with Crippen LogP contribution in [0.15, 0.2) is 12.2 Å². The van der Waals surface area contributed by atoms with Gasteiger partial charge in [0.25, 0.3) is 0 Å². The van der Waals surface area contributed by atoms with E-state index in [2.05, 4.69) is 19.2 Å². The smallest absolute Gasteiger partial charge is 0.307 e. The van der Waals surface area contributed by atoms with E-state index in [9.17, 15) is 14.7 Å². The van der Waals surface area contributed by atoms with Gasteiger partial charge in [0.2, 0.25) is 5.91 Å². The Bertz CT molecular complexity index is 404. The summed E-state index contributed by atoms with van der Waals surface area (Å²) >= 11 is 0. The van der Waals surface area contributed by atoms with Gasteiger partial charge < -0.3 is 10.4 Å². The van der Waals surface area contributed by atoms with Crippen LogP contribution in [0.3, 0.4) is 0 Å². The number of carboxylic acid groups (broad SMARTS) is 1. The molecule has 2 rings (SSSR count). The molecule has 0 spiro atoms. The first-order valence-electron chi connectivity index (χ1n) is 7.17. The van der Waals surface area contributed by atoms with E-state index >= 15 is 0 Å². The first kappa shape index (κ1) is 14.1. The molecule has 19 heavy (non-hydrogen) atoms. The van der Waals surface area contributed by atoms with Gasteiger partial charge in [0.15, 0.2) is 0 Å². The number of hydrogen-bond donors (Lipinski definition) is 2. The van der Waals surface area contributed by atoms with Gasteiger partial charge in [-0.3, -0.25) is 9.59 Å². The van der Waals surface area contributed by atoms with Crippen molar-refractivity contribution < 1.29 is 14.7 Å². The SMILES string of the molecule is CCC(C)C(C)NC(=O)[C@H]1C2C=CC(C2)[C@H]1C(=O)O. The van der Waals surface area contributed by atoms with E-state index in [-0.39, 0.29) is 29.7 Å². The predicted molar refractivity (Wildman–Crippen MR) is 72.4 cm³/mol. The lowest BCUT2D eigenvalue weighted by Crippen LogP contribution is -2.45. The van der Waals surface area contributed by atoms with Crippen LogP contribution in [0.5, 0.6) is 0 Å². The number of aliphatic carboxylic acids is 1. The number of fused-ring (bicyclic) bond motifs is 2. The number of carbonyl (C=O) groups excluding carboxylic acids is 1. The van der Waals surface area contributed by atoms with Crippen LogP contribution >= 0.6 is 0 Å². The normalized spacial score (nSPS) is 35.1. The fraction of sp³-hybridized carbons (Fsp3) is 0.733. The van der Waals surface area contributed by atoms with Gasteiger partial charge in [-0.05, 0) is 31.1 Å². The second-order valence-corrected chi connectivity index (χ2v) is 6.02. The molecule has 4 nitrogen and oxygen atoms in total. The highest BCUT2D eigenvalue weighted by Crippen LogP contribution is 2.48. The summed E-state index contributed by atoms with van der Waals surface area (Å²) < 4.78 is 0. The molecule has 0 radical (unpaired) electrons. The van der Waals surface area contributed by atoms with Crippen molar-refractivity contribution in [3.63, 3.8) is 0 Å². The molecule has 2 N–H and O–H groups in total. The molecule has 2 aliphatic rings. The van der Waals surface area contributed by atoms with Crippen molar-refractivity contribution in [2.24, 2.45) is 29.6 Å². The molecule has 0 saturated heterocycles. The molecular weight excluding hydrogens is 242 g/mol. The van der Waals surface area contributed by atoms with Crippen molar-refractivity contribution >= 4 is 11.9 Å². The average molecular weight is 265 g/mol. The van der Waals surface area contributed by atoms with Crippen molar-refractivity contribution in [3.05, 3.63) is 12.2 Å². The van der Waals surface area contributed by atoms with E-state index in [1.165, 1.54) is 0 Å². The minimum atomic E-state index is -0.840. The Morgan fingerprint density at radius 2 is 1.84 bits per heavy atom. The zero-order valence-corrected chi connectivity index (χ0v) is 11.8. The summed E-state index contributed by atoms with van der Waals surface area (Å²) in [4.78, 5) is 23.7. The fourth-order valence-corrected chi connectivity index (χ4v) is 3.33. The van der Waals surface area contributed by atoms with E-state index < -0.39 is 11.9 Å². The molecule has 0 aromatic heterocycles.